The molecule has 0 aliphatic carbocycles. The first-order valence-electron chi connectivity index (χ1n) is 12.6. The molecule has 0 bridgehead atoms. The summed E-state index contributed by atoms with van der Waals surface area (Å²) < 4.78 is 74.1. The maximum absolute atomic E-state index is 13.5. The molecule has 9 nitrogen and oxygen atoms in total. The Morgan fingerprint density at radius 3 is 2.20 bits per heavy atom. The number of rotatable bonds is 8. The second-order valence-electron chi connectivity index (χ2n) is 9.39. The molecule has 4 rings (SSSR count). The minimum absolute atomic E-state index is 0.0840. The maximum atomic E-state index is 13.5. The second-order valence-corrected chi connectivity index (χ2v) is 11.0. The highest BCUT2D eigenvalue weighted by molar-refractivity contribution is 7.92. The molecule has 1 heterocycles. The molecule has 1 aliphatic rings. The van der Waals surface area contributed by atoms with Crippen LogP contribution in [0.1, 0.15) is 28.4 Å². The summed E-state index contributed by atoms with van der Waals surface area (Å²) >= 11 is 0. The number of halogens is 3. The predicted molar refractivity (Wildman–Crippen MR) is 147 cm³/mol. The molecule has 0 aromatic heterocycles. The van der Waals surface area contributed by atoms with Crippen LogP contribution in [0.15, 0.2) is 71.6 Å². The lowest BCUT2D eigenvalue weighted by atomic mass is 10.1. The Morgan fingerprint density at radius 1 is 0.927 bits per heavy atom. The monoisotopic (exact) mass is 590 g/mol. The van der Waals surface area contributed by atoms with Crippen LogP contribution < -0.4 is 14.8 Å². The third-order valence-electron chi connectivity index (χ3n) is 6.61. The Bertz CT molecular complexity index is 1520. The molecule has 1 aliphatic heterocycles. The second kappa shape index (κ2) is 12.1. The van der Waals surface area contributed by atoms with Gasteiger partial charge in [0.05, 0.1) is 18.4 Å². The number of carbonyl (C=O) groups is 2. The van der Waals surface area contributed by atoms with E-state index in [0.29, 0.717) is 24.9 Å². The predicted octanol–water partition coefficient (Wildman–Crippen LogP) is 4.43. The number of ether oxygens (including phenoxy) is 1. The molecule has 0 radical (unpaired) electrons. The molecule has 218 valence electrons. The molecule has 0 saturated carbocycles. The molecule has 1 fully saturated rings. The van der Waals surface area contributed by atoms with Crippen LogP contribution in [0.2, 0.25) is 0 Å². The van der Waals surface area contributed by atoms with E-state index >= 15 is 0 Å². The molecular formula is C28H29F3N4O5S. The van der Waals surface area contributed by atoms with Crippen molar-refractivity contribution in [3.63, 3.8) is 0 Å². The number of benzene rings is 3. The van der Waals surface area contributed by atoms with Crippen LogP contribution >= 0.6 is 0 Å². The highest BCUT2D eigenvalue weighted by atomic mass is 32.2. The minimum Gasteiger partial charge on any atom is -0.497 e. The van der Waals surface area contributed by atoms with Crippen LogP contribution in [0.3, 0.4) is 0 Å². The third-order valence-corrected chi connectivity index (χ3v) is 8.04. The van der Waals surface area contributed by atoms with Gasteiger partial charge in [-0.25, -0.2) is 8.42 Å². The molecule has 0 spiro atoms. The van der Waals surface area contributed by atoms with Crippen LogP contribution in [0.4, 0.5) is 24.5 Å². The highest BCUT2D eigenvalue weighted by Crippen LogP contribution is 2.32. The Balaban J connectivity index is 1.64. The van der Waals surface area contributed by atoms with Gasteiger partial charge in [0, 0.05) is 50.9 Å². The van der Waals surface area contributed by atoms with Gasteiger partial charge in [-0.05, 0) is 54.1 Å². The zero-order valence-corrected chi connectivity index (χ0v) is 23.2. The fourth-order valence-corrected chi connectivity index (χ4v) is 5.60. The number of nitrogens with one attached hydrogen (secondary N) is 2. The van der Waals surface area contributed by atoms with Crippen LogP contribution in [-0.4, -0.2) is 63.3 Å². The number of anilines is 2. The molecular weight excluding hydrogens is 561 g/mol. The van der Waals surface area contributed by atoms with E-state index < -0.39 is 27.7 Å². The Kier molecular flexibility index (Phi) is 8.76. The van der Waals surface area contributed by atoms with Crippen molar-refractivity contribution in [1.82, 2.24) is 9.80 Å². The zero-order valence-electron chi connectivity index (χ0n) is 22.4. The number of carbonyl (C=O) groups excluding carboxylic acids is 2. The standard InChI is InChI=1S/C28H29F3N4O5S/c1-19(36)34-12-14-35(15-13-34)27(37)21-8-11-25(32-18-20-6-9-24(40-2)10-7-20)26(16-21)41(38,39)33-23-5-3-4-22(17-23)28(29,30)31/h3-11,16-17,32-33H,12-15,18H2,1-2H3. The van der Waals surface area contributed by atoms with Gasteiger partial charge in [-0.3, -0.25) is 14.3 Å². The number of hydrogen-bond donors (Lipinski definition) is 2. The van der Waals surface area contributed by atoms with E-state index in [2.05, 4.69) is 10.0 Å². The number of alkyl halides is 3. The Morgan fingerprint density at radius 2 is 1.59 bits per heavy atom. The van der Waals surface area contributed by atoms with Gasteiger partial charge in [0.25, 0.3) is 15.9 Å². The molecule has 2 amide bonds. The average molecular weight is 591 g/mol. The summed E-state index contributed by atoms with van der Waals surface area (Å²) in [5.41, 5.74) is -0.246. The first kappa shape index (κ1) is 29.7. The van der Waals surface area contributed by atoms with Crippen LogP contribution in [-0.2, 0) is 27.5 Å². The highest BCUT2D eigenvalue weighted by Gasteiger charge is 2.31. The van der Waals surface area contributed by atoms with Crippen molar-refractivity contribution in [1.29, 1.82) is 0 Å². The van der Waals surface area contributed by atoms with E-state index in [1.807, 2.05) is 0 Å². The average Bonchev–Trinajstić information content (AvgIpc) is 2.95. The van der Waals surface area contributed by atoms with Gasteiger partial charge in [-0.15, -0.1) is 0 Å². The zero-order chi connectivity index (χ0) is 29.8. The minimum atomic E-state index is -4.66. The number of nitrogens with zero attached hydrogens (tertiary/aromatic N) is 2. The largest absolute Gasteiger partial charge is 0.497 e. The van der Waals surface area contributed by atoms with E-state index in [1.54, 1.807) is 29.2 Å². The summed E-state index contributed by atoms with van der Waals surface area (Å²) in [5, 5.41) is 3.05. The number of methoxy groups -OCH3 is 1. The van der Waals surface area contributed by atoms with E-state index in [-0.39, 0.29) is 47.4 Å². The van der Waals surface area contributed by atoms with E-state index in [0.717, 1.165) is 17.7 Å². The van der Waals surface area contributed by atoms with Gasteiger partial charge in [0.2, 0.25) is 5.91 Å². The molecule has 3 aromatic carbocycles. The first-order chi connectivity index (χ1) is 19.4. The van der Waals surface area contributed by atoms with Crippen molar-refractivity contribution in [2.75, 3.05) is 43.3 Å². The molecule has 0 atom stereocenters. The lowest BCUT2D eigenvalue weighted by Crippen LogP contribution is -2.50. The quantitative estimate of drug-likeness (QED) is 0.402. The third kappa shape index (κ3) is 7.28. The summed E-state index contributed by atoms with van der Waals surface area (Å²) in [6, 6.07) is 15.1. The van der Waals surface area contributed by atoms with Gasteiger partial charge >= 0.3 is 6.18 Å². The summed E-state index contributed by atoms with van der Waals surface area (Å²) in [7, 11) is -2.92. The Labute approximate surface area is 236 Å². The smallest absolute Gasteiger partial charge is 0.416 e. The molecule has 41 heavy (non-hydrogen) atoms. The first-order valence-corrected chi connectivity index (χ1v) is 14.1. The van der Waals surface area contributed by atoms with E-state index in [1.165, 1.54) is 43.2 Å². The van der Waals surface area contributed by atoms with Crippen molar-refractivity contribution in [2.45, 2.75) is 24.5 Å². The number of hydrogen-bond acceptors (Lipinski definition) is 6. The van der Waals surface area contributed by atoms with Crippen LogP contribution in [0.5, 0.6) is 5.75 Å². The number of piperazine rings is 1. The molecule has 1 saturated heterocycles. The van der Waals surface area contributed by atoms with Gasteiger partial charge < -0.3 is 19.9 Å². The fraction of sp³-hybridized carbons (Fsp3) is 0.286. The normalized spacial score (nSPS) is 14.0. The molecule has 13 heteroatoms. The number of amides is 2. The molecule has 0 unspecified atom stereocenters. The van der Waals surface area contributed by atoms with Crippen LogP contribution in [0.25, 0.3) is 0 Å². The van der Waals surface area contributed by atoms with E-state index in [4.69, 9.17) is 4.74 Å². The molecule has 2 N–H and O–H groups in total. The lowest BCUT2D eigenvalue weighted by Gasteiger charge is -2.34. The van der Waals surface area contributed by atoms with Crippen molar-refractivity contribution < 1.29 is 35.9 Å². The van der Waals surface area contributed by atoms with Gasteiger partial charge in [-0.2, -0.15) is 13.2 Å². The Hall–Kier alpha value is -4.26. The summed E-state index contributed by atoms with van der Waals surface area (Å²) in [6.07, 6.45) is -4.66. The lowest BCUT2D eigenvalue weighted by molar-refractivity contribution is -0.137. The summed E-state index contributed by atoms with van der Waals surface area (Å²) in [4.78, 5) is 27.7. The van der Waals surface area contributed by atoms with Crippen molar-refractivity contribution in [3.8, 4) is 5.75 Å². The van der Waals surface area contributed by atoms with Crippen molar-refractivity contribution in [2.24, 2.45) is 0 Å². The van der Waals surface area contributed by atoms with Crippen LogP contribution in [0, 0.1) is 0 Å². The molecule has 3 aromatic rings. The van der Waals surface area contributed by atoms with Crippen molar-refractivity contribution in [3.05, 3.63) is 83.4 Å². The van der Waals surface area contributed by atoms with Gasteiger partial charge in [-0.1, -0.05) is 18.2 Å². The summed E-state index contributed by atoms with van der Waals surface area (Å²) in [5.74, 6) is 0.123. The fourth-order valence-electron chi connectivity index (χ4n) is 4.34. The van der Waals surface area contributed by atoms with E-state index in [9.17, 15) is 31.2 Å². The number of sulfonamides is 1. The topological polar surface area (TPSA) is 108 Å². The van der Waals surface area contributed by atoms with Gasteiger partial charge in [0.15, 0.2) is 0 Å². The maximum Gasteiger partial charge on any atom is 0.416 e. The van der Waals surface area contributed by atoms with Gasteiger partial charge in [0.1, 0.15) is 10.6 Å². The van der Waals surface area contributed by atoms with Crippen molar-refractivity contribution >= 4 is 33.2 Å². The SMILES string of the molecule is COc1ccc(CNc2ccc(C(=O)N3CCN(C(C)=O)CC3)cc2S(=O)(=O)Nc2cccc(C(F)(F)F)c2)cc1. The summed E-state index contributed by atoms with van der Waals surface area (Å²) in [6.45, 7) is 2.93.